The summed E-state index contributed by atoms with van der Waals surface area (Å²) in [6.07, 6.45) is 0. The van der Waals surface area contributed by atoms with Crippen LogP contribution in [0.1, 0.15) is 0 Å². The van der Waals surface area contributed by atoms with Crippen molar-refractivity contribution in [2.75, 3.05) is 0 Å². The van der Waals surface area contributed by atoms with E-state index < -0.39 is 15.8 Å². The average molecular weight is 635 g/mol. The Morgan fingerprint density at radius 1 is 0.295 bits per heavy atom. The third-order valence-electron chi connectivity index (χ3n) is 7.87. The zero-order valence-corrected chi connectivity index (χ0v) is 27.3. The number of hydrogen-bond donors (Lipinski definition) is 0. The van der Waals surface area contributed by atoms with Gasteiger partial charge in [-0.2, -0.15) is 0 Å². The van der Waals surface area contributed by atoms with Gasteiger partial charge in [0.05, 0.1) is 0 Å². The van der Waals surface area contributed by atoms with Crippen LogP contribution < -0.4 is 30.5 Å². The zero-order chi connectivity index (χ0) is 29.3. The van der Waals surface area contributed by atoms with Crippen molar-refractivity contribution < 1.29 is 0 Å². The molecule has 0 amide bonds. The van der Waals surface area contributed by atoms with Crippen LogP contribution in [0, 0.1) is 0 Å². The minimum Gasteiger partial charge on any atom is -0.134 e. The molecule has 0 radical (unpaired) electrons. The van der Waals surface area contributed by atoms with Crippen molar-refractivity contribution in [3.63, 3.8) is 0 Å². The smallest absolute Gasteiger partial charge is 0.0459 e. The molecule has 0 N–H and O–H groups in total. The maximum atomic E-state index is 2.34. The molecule has 8 aromatic rings. The standard InChI is InChI=1S/C40H28P2S2/c1-5-17-29(18-6-1)41(30-19-7-2-8-20-30)39-37(33-25-13-15-27-35(33)43-39)38-34-26-14-16-28-36(34)44-40(38)42(31-21-9-3-10-22-31)32-23-11-4-12-24-32/h1-28H. The molecule has 210 valence electrons. The largest absolute Gasteiger partial charge is 0.134 e. The van der Waals surface area contributed by atoms with Crippen LogP contribution in [0.15, 0.2) is 170 Å². The predicted octanol–water partition coefficient (Wildman–Crippen LogP) is 9.30. The maximum Gasteiger partial charge on any atom is 0.0459 e. The highest BCUT2D eigenvalue weighted by atomic mass is 32.1. The van der Waals surface area contributed by atoms with Crippen molar-refractivity contribution in [2.24, 2.45) is 0 Å². The number of thiophene rings is 2. The van der Waals surface area contributed by atoms with Crippen LogP contribution in [0.2, 0.25) is 0 Å². The number of benzene rings is 6. The minimum atomic E-state index is -0.784. The van der Waals surface area contributed by atoms with Gasteiger partial charge in [0.15, 0.2) is 0 Å². The lowest BCUT2D eigenvalue weighted by Crippen LogP contribution is -2.22. The third-order valence-corrected chi connectivity index (χ3v) is 16.0. The van der Waals surface area contributed by atoms with Crippen LogP contribution in [-0.4, -0.2) is 0 Å². The average Bonchev–Trinajstić information content (AvgIpc) is 3.65. The monoisotopic (exact) mass is 634 g/mol. The Hall–Kier alpha value is -3.90. The van der Waals surface area contributed by atoms with Crippen LogP contribution in [0.25, 0.3) is 31.3 Å². The predicted molar refractivity (Wildman–Crippen MR) is 200 cm³/mol. The SMILES string of the molecule is c1ccc(P(c2ccccc2)c2sc3ccccc3c2-c2c(P(c3ccccc3)c3ccccc3)sc3ccccc23)cc1. The fourth-order valence-corrected chi connectivity index (χ4v) is 14.7. The summed E-state index contributed by atoms with van der Waals surface area (Å²) >= 11 is 3.96. The van der Waals surface area contributed by atoms with Crippen LogP contribution in [-0.2, 0) is 0 Å². The molecule has 0 aliphatic carbocycles. The lowest BCUT2D eigenvalue weighted by Gasteiger charge is -2.22. The first kappa shape index (κ1) is 27.6. The Kier molecular flexibility index (Phi) is 7.69. The second kappa shape index (κ2) is 12.2. The van der Waals surface area contributed by atoms with E-state index in [4.69, 9.17) is 0 Å². The number of hydrogen-bond acceptors (Lipinski definition) is 2. The van der Waals surface area contributed by atoms with Crippen molar-refractivity contribution in [3.8, 4) is 11.1 Å². The fourth-order valence-electron chi connectivity index (χ4n) is 5.94. The molecule has 8 rings (SSSR count). The van der Waals surface area contributed by atoms with Gasteiger partial charge in [0, 0.05) is 40.5 Å². The van der Waals surface area contributed by atoms with E-state index in [1.807, 2.05) is 22.7 Å². The number of rotatable bonds is 7. The zero-order valence-electron chi connectivity index (χ0n) is 23.9. The van der Waals surface area contributed by atoms with E-state index in [9.17, 15) is 0 Å². The quantitative estimate of drug-likeness (QED) is 0.153. The van der Waals surface area contributed by atoms with Crippen LogP contribution in [0.5, 0.6) is 0 Å². The molecule has 0 fully saturated rings. The molecule has 0 bridgehead atoms. The molecule has 0 aliphatic heterocycles. The lowest BCUT2D eigenvalue weighted by atomic mass is 10.0. The highest BCUT2D eigenvalue weighted by Gasteiger charge is 2.31. The topological polar surface area (TPSA) is 0 Å². The molecule has 44 heavy (non-hydrogen) atoms. The molecular formula is C40H28P2S2. The maximum absolute atomic E-state index is 2.34. The first-order chi connectivity index (χ1) is 21.9. The van der Waals surface area contributed by atoms with Crippen LogP contribution in [0.3, 0.4) is 0 Å². The molecule has 0 saturated carbocycles. The summed E-state index contributed by atoms with van der Waals surface area (Å²) in [6, 6.07) is 62.7. The minimum absolute atomic E-state index is 0.784. The second-order valence-corrected chi connectivity index (χ2v) is 17.6. The summed E-state index contributed by atoms with van der Waals surface area (Å²) in [5, 5.41) is 8.25. The van der Waals surface area contributed by atoms with Crippen molar-refractivity contribution in [1.29, 1.82) is 0 Å². The van der Waals surface area contributed by atoms with E-state index in [2.05, 4.69) is 170 Å². The van der Waals surface area contributed by atoms with E-state index >= 15 is 0 Å². The molecule has 0 atom stereocenters. The van der Waals surface area contributed by atoms with Crippen molar-refractivity contribution >= 4 is 89.1 Å². The highest BCUT2D eigenvalue weighted by molar-refractivity contribution is 7.85. The molecule has 0 nitrogen and oxygen atoms in total. The molecule has 6 aromatic carbocycles. The van der Waals surface area contributed by atoms with Gasteiger partial charge < -0.3 is 0 Å². The van der Waals surface area contributed by atoms with Gasteiger partial charge in [0.1, 0.15) is 0 Å². The third kappa shape index (κ3) is 5.03. The van der Waals surface area contributed by atoms with Crippen molar-refractivity contribution in [1.82, 2.24) is 0 Å². The molecule has 0 aliphatic rings. The fraction of sp³-hybridized carbons (Fsp3) is 0. The van der Waals surface area contributed by atoms with Gasteiger partial charge in [-0.15, -0.1) is 22.7 Å². The lowest BCUT2D eigenvalue weighted by molar-refractivity contribution is 1.75. The van der Waals surface area contributed by atoms with Gasteiger partial charge in [-0.1, -0.05) is 158 Å². The van der Waals surface area contributed by atoms with E-state index in [-0.39, 0.29) is 0 Å². The van der Waals surface area contributed by atoms with Gasteiger partial charge in [-0.25, -0.2) is 0 Å². The molecule has 0 spiro atoms. The summed E-state index contributed by atoms with van der Waals surface area (Å²) in [7, 11) is -1.57. The highest BCUT2D eigenvalue weighted by Crippen LogP contribution is 2.50. The van der Waals surface area contributed by atoms with E-state index in [1.54, 1.807) is 0 Å². The van der Waals surface area contributed by atoms with Gasteiger partial charge in [-0.3, -0.25) is 0 Å². The Morgan fingerprint density at radius 2 is 0.568 bits per heavy atom. The van der Waals surface area contributed by atoms with E-state index in [0.29, 0.717) is 0 Å². The molecule has 0 unspecified atom stereocenters. The number of fused-ring (bicyclic) bond motifs is 2. The normalized spacial score (nSPS) is 11.6. The summed E-state index contributed by atoms with van der Waals surface area (Å²) in [4.78, 5) is 0. The second-order valence-electron chi connectivity index (χ2n) is 10.6. The summed E-state index contributed by atoms with van der Waals surface area (Å²) in [5.74, 6) is 0. The molecule has 2 aromatic heterocycles. The van der Waals surface area contributed by atoms with Gasteiger partial charge >= 0.3 is 0 Å². The molecule has 0 saturated heterocycles. The van der Waals surface area contributed by atoms with Crippen molar-refractivity contribution in [3.05, 3.63) is 170 Å². The molecule has 2 heterocycles. The van der Waals surface area contributed by atoms with Gasteiger partial charge in [0.2, 0.25) is 0 Å². The van der Waals surface area contributed by atoms with E-state index in [0.717, 1.165) is 0 Å². The van der Waals surface area contributed by atoms with Crippen molar-refractivity contribution in [2.45, 2.75) is 0 Å². The Bertz CT molecular complexity index is 1930. The molecular weight excluding hydrogens is 607 g/mol. The Balaban J connectivity index is 1.49. The van der Waals surface area contributed by atoms with Gasteiger partial charge in [-0.05, 0) is 49.2 Å². The molecule has 4 heteroatoms. The first-order valence-corrected chi connectivity index (χ1v) is 19.0. The summed E-state index contributed by atoms with van der Waals surface area (Å²) in [5.41, 5.74) is 2.83. The van der Waals surface area contributed by atoms with E-state index in [1.165, 1.54) is 61.8 Å². The Labute approximate surface area is 268 Å². The summed E-state index contributed by atoms with van der Waals surface area (Å²) < 4.78 is 5.64. The first-order valence-electron chi connectivity index (χ1n) is 14.7. The van der Waals surface area contributed by atoms with Crippen LogP contribution in [0.4, 0.5) is 0 Å². The Morgan fingerprint density at radius 3 is 0.886 bits per heavy atom. The summed E-state index contributed by atoms with van der Waals surface area (Å²) in [6.45, 7) is 0. The van der Waals surface area contributed by atoms with Gasteiger partial charge in [0.25, 0.3) is 0 Å². The van der Waals surface area contributed by atoms with Crippen LogP contribution >= 0.6 is 38.5 Å².